The van der Waals surface area contributed by atoms with Crippen LogP contribution in [-0.4, -0.2) is 9.79 Å². The van der Waals surface area contributed by atoms with E-state index in [2.05, 4.69) is 6.58 Å². The van der Waals surface area contributed by atoms with Gasteiger partial charge in [-0.15, -0.1) is 0 Å². The maximum atomic E-state index is 11.2. The average molecular weight is 292 g/mol. The molecule has 0 saturated heterocycles. The van der Waals surface area contributed by atoms with E-state index >= 15 is 0 Å². The molecule has 0 bridgehead atoms. The van der Waals surface area contributed by atoms with Crippen LogP contribution in [0.2, 0.25) is 0 Å². The first-order valence-corrected chi connectivity index (χ1v) is 7.80. The van der Waals surface area contributed by atoms with Crippen LogP contribution in [0.4, 0.5) is 0 Å². The molecule has 104 valence electrons. The highest BCUT2D eigenvalue weighted by Gasteiger charge is 2.32. The van der Waals surface area contributed by atoms with Crippen LogP contribution in [0.3, 0.4) is 0 Å². The molecule has 0 fully saturated rings. The maximum absolute atomic E-state index is 11.2. The van der Waals surface area contributed by atoms with Gasteiger partial charge in [-0.05, 0) is 17.7 Å². The number of aromatic nitrogens is 2. The second kappa shape index (κ2) is 5.67. The highest BCUT2D eigenvalue weighted by atomic mass is 31.2. The van der Waals surface area contributed by atoms with Gasteiger partial charge in [-0.25, -0.2) is 0 Å². The van der Waals surface area contributed by atoms with E-state index in [0.717, 1.165) is 11.1 Å². The van der Waals surface area contributed by atoms with Crippen LogP contribution in [0.1, 0.15) is 12.7 Å². The zero-order valence-electron chi connectivity index (χ0n) is 11.1. The van der Waals surface area contributed by atoms with Gasteiger partial charge in [0.15, 0.2) is 31.0 Å². The van der Waals surface area contributed by atoms with Crippen molar-refractivity contribution in [3.05, 3.63) is 55.6 Å². The number of hydrogen-bond acceptors (Lipinski definition) is 1. The monoisotopic (exact) mass is 292 g/mol. The van der Waals surface area contributed by atoms with Crippen LogP contribution in [-0.2, 0) is 4.57 Å². The highest BCUT2D eigenvalue weighted by Crippen LogP contribution is 2.45. The van der Waals surface area contributed by atoms with Crippen LogP contribution < -0.4 is 9.13 Å². The summed E-state index contributed by atoms with van der Waals surface area (Å²) in [6, 6.07) is 7.57. The number of nitrogens with zero attached hydrogens (tertiary/aromatic N) is 2. The average Bonchev–Trinajstić information content (AvgIpc) is 2.46. The van der Waals surface area contributed by atoms with Crippen molar-refractivity contribution in [2.75, 3.05) is 0 Å². The number of hydrogen-bond donors (Lipinski definition) is 2. The SMILES string of the molecule is C=C[n+]1ccc(-c2cc[n+](C(C)P(=O)(O)O)cc2)cc1. The molecular formula is C14H17N2O3P+2. The van der Waals surface area contributed by atoms with Crippen molar-refractivity contribution >= 4 is 13.8 Å². The van der Waals surface area contributed by atoms with E-state index < -0.39 is 13.4 Å². The third-order valence-corrected chi connectivity index (χ3v) is 4.41. The van der Waals surface area contributed by atoms with Gasteiger partial charge in [0, 0.05) is 31.2 Å². The van der Waals surface area contributed by atoms with Crippen LogP contribution in [0.5, 0.6) is 0 Å². The van der Waals surface area contributed by atoms with Gasteiger partial charge in [0.2, 0.25) is 0 Å². The lowest BCUT2D eigenvalue weighted by molar-refractivity contribution is -0.701. The molecule has 0 spiro atoms. The summed E-state index contributed by atoms with van der Waals surface area (Å²) in [6.07, 6.45) is 8.83. The molecule has 1 atom stereocenters. The van der Waals surface area contributed by atoms with Crippen molar-refractivity contribution in [2.24, 2.45) is 0 Å². The van der Waals surface area contributed by atoms with Gasteiger partial charge in [0.1, 0.15) is 0 Å². The lowest BCUT2D eigenvalue weighted by atomic mass is 10.1. The molecule has 0 radical (unpaired) electrons. The summed E-state index contributed by atoms with van der Waals surface area (Å²) >= 11 is 0. The summed E-state index contributed by atoms with van der Waals surface area (Å²) in [6.45, 7) is 5.17. The smallest absolute Gasteiger partial charge is 0.320 e. The van der Waals surface area contributed by atoms with E-state index in [4.69, 9.17) is 9.79 Å². The summed E-state index contributed by atoms with van der Waals surface area (Å²) in [7, 11) is -4.13. The molecule has 0 aliphatic carbocycles. The first kappa shape index (κ1) is 14.6. The fourth-order valence-electron chi connectivity index (χ4n) is 1.81. The second-order valence-corrected chi connectivity index (χ2v) is 6.40. The standard InChI is InChI=1S/C14H15N2O3P/c1-3-15-8-4-13(5-9-15)14-6-10-16(11-7-14)12(2)20(17,18)19/h3-12H,1H2,2H3/p+2. The number of pyridine rings is 2. The quantitative estimate of drug-likeness (QED) is 0.666. The minimum Gasteiger partial charge on any atom is -0.320 e. The van der Waals surface area contributed by atoms with Gasteiger partial charge >= 0.3 is 7.60 Å². The van der Waals surface area contributed by atoms with Crippen molar-refractivity contribution in [3.63, 3.8) is 0 Å². The van der Waals surface area contributed by atoms with E-state index in [0.29, 0.717) is 0 Å². The van der Waals surface area contributed by atoms with E-state index in [-0.39, 0.29) is 0 Å². The third-order valence-electron chi connectivity index (χ3n) is 3.17. The van der Waals surface area contributed by atoms with Gasteiger partial charge in [-0.3, -0.25) is 4.57 Å². The lowest BCUT2D eigenvalue weighted by Crippen LogP contribution is -2.36. The van der Waals surface area contributed by atoms with E-state index in [1.165, 1.54) is 11.5 Å². The molecule has 2 aromatic rings. The van der Waals surface area contributed by atoms with Gasteiger partial charge in [-0.2, -0.15) is 9.13 Å². The fraction of sp³-hybridized carbons (Fsp3) is 0.143. The topological polar surface area (TPSA) is 65.3 Å². The second-order valence-electron chi connectivity index (χ2n) is 4.47. The molecule has 1 unspecified atom stereocenters. The van der Waals surface area contributed by atoms with Crippen molar-refractivity contribution in [1.82, 2.24) is 0 Å². The molecule has 0 amide bonds. The summed E-state index contributed by atoms with van der Waals surface area (Å²) < 4.78 is 14.6. The summed E-state index contributed by atoms with van der Waals surface area (Å²) in [5.41, 5.74) is 2.01. The predicted octanol–water partition coefficient (Wildman–Crippen LogP) is 1.73. The molecule has 2 heterocycles. The Balaban J connectivity index is 2.27. The van der Waals surface area contributed by atoms with Crippen LogP contribution >= 0.6 is 7.60 Å². The molecule has 2 rings (SSSR count). The third kappa shape index (κ3) is 3.20. The van der Waals surface area contributed by atoms with Gasteiger partial charge in [0.05, 0.1) is 0 Å². The Kier molecular flexibility index (Phi) is 4.14. The first-order chi connectivity index (χ1) is 9.41. The van der Waals surface area contributed by atoms with Crippen molar-refractivity contribution in [1.29, 1.82) is 0 Å². The minimum absolute atomic E-state index is 0.866. The Labute approximate surface area is 117 Å². The zero-order chi connectivity index (χ0) is 14.8. The Hall–Kier alpha value is -1.81. The van der Waals surface area contributed by atoms with Gasteiger partial charge < -0.3 is 9.79 Å². The van der Waals surface area contributed by atoms with Crippen LogP contribution in [0.15, 0.2) is 55.6 Å². The summed E-state index contributed by atoms with van der Waals surface area (Å²) in [4.78, 5) is 18.3. The molecule has 6 heteroatoms. The molecule has 20 heavy (non-hydrogen) atoms. The molecular weight excluding hydrogens is 275 g/mol. The first-order valence-electron chi connectivity index (χ1n) is 6.11. The van der Waals surface area contributed by atoms with Gasteiger partial charge in [-0.1, -0.05) is 0 Å². The Bertz CT molecular complexity index is 647. The Morgan fingerprint density at radius 2 is 1.55 bits per heavy atom. The van der Waals surface area contributed by atoms with Crippen LogP contribution in [0, 0.1) is 0 Å². The molecule has 0 saturated carbocycles. The van der Waals surface area contributed by atoms with Crippen molar-refractivity contribution in [2.45, 2.75) is 12.7 Å². The van der Waals surface area contributed by atoms with E-state index in [1.807, 2.05) is 41.2 Å². The largest absolute Gasteiger partial charge is 0.392 e. The molecule has 2 N–H and O–H groups in total. The van der Waals surface area contributed by atoms with Crippen molar-refractivity contribution in [3.8, 4) is 11.1 Å². The fourth-order valence-corrected chi connectivity index (χ4v) is 2.31. The molecule has 0 aliphatic rings. The summed E-state index contributed by atoms with van der Waals surface area (Å²) in [5.74, 6) is -0.866. The lowest BCUT2D eigenvalue weighted by Gasteiger charge is -2.08. The van der Waals surface area contributed by atoms with Crippen LogP contribution in [0.25, 0.3) is 17.3 Å². The molecule has 2 aromatic heterocycles. The Morgan fingerprint density at radius 3 is 1.95 bits per heavy atom. The maximum Gasteiger partial charge on any atom is 0.392 e. The molecule has 5 nitrogen and oxygen atoms in total. The zero-order valence-corrected chi connectivity index (χ0v) is 12.0. The molecule has 0 aromatic carbocycles. The highest BCUT2D eigenvalue weighted by molar-refractivity contribution is 7.51. The number of rotatable bonds is 4. The van der Waals surface area contributed by atoms with Crippen molar-refractivity contribution < 1.29 is 23.5 Å². The molecule has 0 aliphatic heterocycles. The van der Waals surface area contributed by atoms with E-state index in [9.17, 15) is 4.57 Å². The normalized spacial score (nSPS) is 12.9. The Morgan fingerprint density at radius 1 is 1.10 bits per heavy atom. The summed E-state index contributed by atoms with van der Waals surface area (Å²) in [5, 5.41) is 0. The predicted molar refractivity (Wildman–Crippen MR) is 75.4 cm³/mol. The van der Waals surface area contributed by atoms with Gasteiger partial charge in [0.25, 0.3) is 5.78 Å². The minimum atomic E-state index is -4.13. The van der Waals surface area contributed by atoms with E-state index in [1.54, 1.807) is 18.6 Å².